The summed E-state index contributed by atoms with van der Waals surface area (Å²) in [6, 6.07) is 0. The van der Waals surface area contributed by atoms with Gasteiger partial charge in [-0.05, 0) is 20.8 Å². The molecule has 0 saturated carbocycles. The second-order valence-corrected chi connectivity index (χ2v) is 6.07. The zero-order valence-electron chi connectivity index (χ0n) is 13.3. The van der Waals surface area contributed by atoms with Crippen molar-refractivity contribution in [1.82, 2.24) is 0 Å². The van der Waals surface area contributed by atoms with Crippen LogP contribution in [-0.4, -0.2) is 76.8 Å². The van der Waals surface area contributed by atoms with Crippen molar-refractivity contribution in [2.75, 3.05) is 52.9 Å². The maximum atomic E-state index is 5.93. The summed E-state index contributed by atoms with van der Waals surface area (Å²) in [7, 11) is 0. The lowest BCUT2D eigenvalue weighted by molar-refractivity contribution is -0.108. The number of hydrogen-bond donors (Lipinski definition) is 0. The fourth-order valence-electron chi connectivity index (χ4n) is 2.04. The van der Waals surface area contributed by atoms with Gasteiger partial charge in [0.25, 0.3) is 0 Å². The van der Waals surface area contributed by atoms with E-state index in [9.17, 15) is 0 Å². The summed E-state index contributed by atoms with van der Waals surface area (Å²) in [5.74, 6) is 0. The molecule has 0 aromatic heterocycles. The first-order valence-electron chi connectivity index (χ1n) is 7.72. The van der Waals surface area contributed by atoms with Crippen LogP contribution in [-0.2, 0) is 28.4 Å². The fraction of sp³-hybridized carbons (Fsp3) is 1.00. The van der Waals surface area contributed by atoms with Crippen LogP contribution in [0, 0.1) is 0 Å². The molecule has 0 radical (unpaired) electrons. The van der Waals surface area contributed by atoms with Crippen molar-refractivity contribution in [2.45, 2.75) is 44.7 Å². The van der Waals surface area contributed by atoms with E-state index in [0.29, 0.717) is 45.7 Å². The number of epoxide rings is 2. The van der Waals surface area contributed by atoms with Crippen molar-refractivity contribution >= 4 is 0 Å². The topological polar surface area (TPSA) is 62.0 Å². The Balaban J connectivity index is 1.35. The Morgan fingerprint density at radius 1 is 1.00 bits per heavy atom. The van der Waals surface area contributed by atoms with Crippen LogP contribution in [0.15, 0.2) is 0 Å². The molecule has 0 spiro atoms. The number of hydrogen-bond acceptors (Lipinski definition) is 6. The Hall–Kier alpha value is -0.240. The molecule has 0 bridgehead atoms. The summed E-state index contributed by atoms with van der Waals surface area (Å²) in [5.41, 5.74) is -0.234. The van der Waals surface area contributed by atoms with Gasteiger partial charge in [0.15, 0.2) is 0 Å². The van der Waals surface area contributed by atoms with E-state index in [-0.39, 0.29) is 17.8 Å². The van der Waals surface area contributed by atoms with Crippen molar-refractivity contribution in [3.05, 3.63) is 0 Å². The van der Waals surface area contributed by atoms with Gasteiger partial charge in [-0.1, -0.05) is 0 Å². The minimum Gasteiger partial charge on any atom is -0.377 e. The van der Waals surface area contributed by atoms with Crippen LogP contribution in [0.25, 0.3) is 0 Å². The van der Waals surface area contributed by atoms with Gasteiger partial charge in [0.05, 0.1) is 64.6 Å². The highest BCUT2D eigenvalue weighted by Crippen LogP contribution is 2.28. The summed E-state index contributed by atoms with van der Waals surface area (Å²) in [6.07, 6.45) is 0.593. The molecule has 124 valence electrons. The Labute approximate surface area is 127 Å². The summed E-state index contributed by atoms with van der Waals surface area (Å²) < 4.78 is 32.6. The highest BCUT2D eigenvalue weighted by Gasteiger charge is 2.41. The third-order valence-corrected chi connectivity index (χ3v) is 3.42. The lowest BCUT2D eigenvalue weighted by atomic mass is 10.1. The molecule has 2 saturated heterocycles. The van der Waals surface area contributed by atoms with Crippen LogP contribution >= 0.6 is 0 Å². The van der Waals surface area contributed by atoms with Crippen molar-refractivity contribution in [2.24, 2.45) is 0 Å². The van der Waals surface area contributed by atoms with Crippen molar-refractivity contribution < 1.29 is 28.4 Å². The minimum absolute atomic E-state index is 0.0473. The van der Waals surface area contributed by atoms with Crippen LogP contribution in [0.2, 0.25) is 0 Å². The van der Waals surface area contributed by atoms with E-state index in [1.54, 1.807) is 0 Å². The molecule has 2 rings (SSSR count). The minimum atomic E-state index is -0.234. The molecule has 6 nitrogen and oxygen atoms in total. The van der Waals surface area contributed by atoms with Gasteiger partial charge >= 0.3 is 0 Å². The van der Waals surface area contributed by atoms with E-state index in [1.807, 2.05) is 6.92 Å². The molecule has 0 aliphatic carbocycles. The van der Waals surface area contributed by atoms with E-state index in [4.69, 9.17) is 28.4 Å². The summed E-state index contributed by atoms with van der Waals surface area (Å²) >= 11 is 0. The Morgan fingerprint density at radius 3 is 2.24 bits per heavy atom. The third kappa shape index (κ3) is 7.54. The molecule has 2 aliphatic heterocycles. The average molecular weight is 304 g/mol. The van der Waals surface area contributed by atoms with Gasteiger partial charge < -0.3 is 28.4 Å². The molecular weight excluding hydrogens is 276 g/mol. The highest BCUT2D eigenvalue weighted by molar-refractivity contribution is 4.89. The second kappa shape index (κ2) is 8.41. The molecule has 0 N–H and O–H groups in total. The van der Waals surface area contributed by atoms with Gasteiger partial charge in [0.1, 0.15) is 12.2 Å². The van der Waals surface area contributed by atoms with Crippen LogP contribution < -0.4 is 0 Å². The molecular formula is C15H28O6. The standard InChI is InChI=1S/C15H28O6/c1-12(21-15(2,3)14-11-20-14)8-17-6-4-16-5-7-18-9-13-10-19-13/h12-14H,4-11H2,1-3H3. The van der Waals surface area contributed by atoms with Crippen LogP contribution in [0.5, 0.6) is 0 Å². The van der Waals surface area contributed by atoms with Gasteiger partial charge in [0.2, 0.25) is 0 Å². The Bertz CT molecular complexity index is 288. The largest absolute Gasteiger partial charge is 0.377 e. The summed E-state index contributed by atoms with van der Waals surface area (Å²) in [6.45, 7) is 11.3. The van der Waals surface area contributed by atoms with Crippen molar-refractivity contribution in [3.63, 3.8) is 0 Å². The first-order chi connectivity index (χ1) is 10.1. The monoisotopic (exact) mass is 304 g/mol. The molecule has 0 aromatic carbocycles. The zero-order valence-corrected chi connectivity index (χ0v) is 13.3. The highest BCUT2D eigenvalue weighted by atomic mass is 16.6. The van der Waals surface area contributed by atoms with Crippen molar-refractivity contribution in [3.8, 4) is 0 Å². The first kappa shape index (κ1) is 17.1. The molecule has 21 heavy (non-hydrogen) atoms. The van der Waals surface area contributed by atoms with Gasteiger partial charge in [-0.3, -0.25) is 0 Å². The van der Waals surface area contributed by atoms with E-state index >= 15 is 0 Å². The molecule has 2 heterocycles. The predicted molar refractivity (Wildman–Crippen MR) is 76.6 cm³/mol. The molecule has 6 heteroatoms. The molecule has 2 fully saturated rings. The SMILES string of the molecule is CC(COCCOCCOCC1CO1)OC(C)(C)C1CO1. The third-order valence-electron chi connectivity index (χ3n) is 3.42. The Morgan fingerprint density at radius 2 is 1.62 bits per heavy atom. The van der Waals surface area contributed by atoms with E-state index in [1.165, 1.54) is 0 Å². The fourth-order valence-corrected chi connectivity index (χ4v) is 2.04. The lowest BCUT2D eigenvalue weighted by Gasteiger charge is -2.27. The molecule has 2 aliphatic rings. The zero-order chi connectivity index (χ0) is 15.1. The predicted octanol–water partition coefficient (Wildman–Crippen LogP) is 1.02. The molecule has 3 atom stereocenters. The van der Waals surface area contributed by atoms with Crippen molar-refractivity contribution in [1.29, 1.82) is 0 Å². The number of ether oxygens (including phenoxy) is 6. The normalized spacial score (nSPS) is 25.9. The lowest BCUT2D eigenvalue weighted by Crippen LogP contribution is -2.36. The van der Waals surface area contributed by atoms with Gasteiger partial charge in [0, 0.05) is 0 Å². The van der Waals surface area contributed by atoms with Gasteiger partial charge in [-0.15, -0.1) is 0 Å². The number of rotatable bonds is 13. The average Bonchev–Trinajstić information content (AvgIpc) is 3.28. The Kier molecular flexibility index (Phi) is 6.85. The molecule has 3 unspecified atom stereocenters. The summed E-state index contributed by atoms with van der Waals surface area (Å²) in [4.78, 5) is 0. The molecule has 0 aromatic rings. The quantitative estimate of drug-likeness (QED) is 0.374. The maximum Gasteiger partial charge on any atom is 0.109 e. The van der Waals surface area contributed by atoms with Crippen LogP contribution in [0.1, 0.15) is 20.8 Å². The maximum absolute atomic E-state index is 5.93. The van der Waals surface area contributed by atoms with E-state index < -0.39 is 0 Å². The van der Waals surface area contributed by atoms with Gasteiger partial charge in [-0.25, -0.2) is 0 Å². The van der Waals surface area contributed by atoms with Gasteiger partial charge in [-0.2, -0.15) is 0 Å². The van der Waals surface area contributed by atoms with Crippen LogP contribution in [0.4, 0.5) is 0 Å². The first-order valence-corrected chi connectivity index (χ1v) is 7.72. The van der Waals surface area contributed by atoms with E-state index in [2.05, 4.69) is 13.8 Å². The molecule has 0 amide bonds. The van der Waals surface area contributed by atoms with E-state index in [0.717, 1.165) is 13.2 Å². The summed E-state index contributed by atoms with van der Waals surface area (Å²) in [5, 5.41) is 0. The smallest absolute Gasteiger partial charge is 0.109 e. The van der Waals surface area contributed by atoms with Crippen LogP contribution in [0.3, 0.4) is 0 Å². The second-order valence-electron chi connectivity index (χ2n) is 6.07.